The van der Waals surface area contributed by atoms with Crippen molar-refractivity contribution in [3.8, 4) is 0 Å². The number of rotatable bonds is 3. The summed E-state index contributed by atoms with van der Waals surface area (Å²) in [4.78, 5) is 43.1. The van der Waals surface area contributed by atoms with Crippen LogP contribution in [0.15, 0.2) is 59.7 Å². The molecule has 2 aromatic carbocycles. The first-order valence-electron chi connectivity index (χ1n) is 9.84. The van der Waals surface area contributed by atoms with Gasteiger partial charge in [0.25, 0.3) is 5.56 Å². The second kappa shape index (κ2) is 7.22. The predicted octanol–water partition coefficient (Wildman–Crippen LogP) is 2.21. The number of hydrogen-bond acceptors (Lipinski definition) is 6. The average Bonchev–Trinajstić information content (AvgIpc) is 2.78. The van der Waals surface area contributed by atoms with Crippen LogP contribution in [-0.2, 0) is 11.3 Å². The number of aryl methyl sites for hydroxylation is 1. The number of anilines is 2. The minimum absolute atomic E-state index is 0.0889. The molecule has 8 nitrogen and oxygen atoms in total. The number of benzene rings is 2. The Morgan fingerprint density at radius 1 is 0.933 bits per heavy atom. The molecule has 5 rings (SSSR count). The average molecular weight is 400 g/mol. The van der Waals surface area contributed by atoms with E-state index in [1.54, 1.807) is 17.0 Å². The molecule has 0 bridgehead atoms. The Morgan fingerprint density at radius 3 is 2.37 bits per heavy atom. The number of likely N-dealkylation sites (N-methyl/N-ethyl adjacent to an activating group) is 1. The highest BCUT2D eigenvalue weighted by Crippen LogP contribution is 2.30. The monoisotopic (exact) mass is 400 g/mol. The normalized spacial score (nSPS) is 13.6. The van der Waals surface area contributed by atoms with Crippen molar-refractivity contribution in [2.45, 2.75) is 13.0 Å². The summed E-state index contributed by atoms with van der Waals surface area (Å²) >= 11 is 0. The van der Waals surface area contributed by atoms with Crippen molar-refractivity contribution in [1.29, 1.82) is 0 Å². The van der Waals surface area contributed by atoms with E-state index in [0.717, 1.165) is 11.0 Å². The molecule has 0 atom stereocenters. The molecule has 0 saturated heterocycles. The molecule has 0 radical (unpaired) electrons. The van der Waals surface area contributed by atoms with Crippen molar-refractivity contribution in [2.24, 2.45) is 0 Å². The maximum atomic E-state index is 13.1. The molecule has 150 valence electrons. The van der Waals surface area contributed by atoms with Crippen molar-refractivity contribution < 1.29 is 4.79 Å². The largest absolute Gasteiger partial charge is 0.355 e. The Balaban J connectivity index is 1.42. The predicted molar refractivity (Wildman–Crippen MR) is 116 cm³/mol. The lowest BCUT2D eigenvalue weighted by Gasteiger charge is -2.33. The van der Waals surface area contributed by atoms with Gasteiger partial charge in [0.1, 0.15) is 0 Å². The van der Waals surface area contributed by atoms with E-state index < -0.39 is 0 Å². The van der Waals surface area contributed by atoms with Gasteiger partial charge in [-0.25, -0.2) is 15.0 Å². The van der Waals surface area contributed by atoms with Gasteiger partial charge < -0.3 is 4.90 Å². The fourth-order valence-corrected chi connectivity index (χ4v) is 3.74. The molecule has 0 unspecified atom stereocenters. The molecule has 0 fully saturated rings. The summed E-state index contributed by atoms with van der Waals surface area (Å²) in [5, 5.41) is 0.551. The Kier molecular flexibility index (Phi) is 4.39. The molecule has 4 aromatic rings. The van der Waals surface area contributed by atoms with Crippen LogP contribution in [-0.4, -0.2) is 45.6 Å². The SMILES string of the molecule is CN1CCN(C(=O)CCn2cnc3ccccc3c2=O)c2nc3ccccc3nc21. The fraction of sp³-hybridized carbons (Fsp3) is 0.227. The van der Waals surface area contributed by atoms with Crippen LogP contribution >= 0.6 is 0 Å². The van der Waals surface area contributed by atoms with Gasteiger partial charge in [-0.05, 0) is 24.3 Å². The van der Waals surface area contributed by atoms with E-state index in [9.17, 15) is 9.59 Å². The van der Waals surface area contributed by atoms with E-state index in [4.69, 9.17) is 9.97 Å². The van der Waals surface area contributed by atoms with Gasteiger partial charge in [0.15, 0.2) is 11.6 Å². The maximum absolute atomic E-state index is 13.1. The van der Waals surface area contributed by atoms with Crippen LogP contribution in [0.3, 0.4) is 0 Å². The summed E-state index contributed by atoms with van der Waals surface area (Å²) in [5.74, 6) is 1.17. The summed E-state index contributed by atoms with van der Waals surface area (Å²) in [6.07, 6.45) is 1.68. The third kappa shape index (κ3) is 3.06. The van der Waals surface area contributed by atoms with Gasteiger partial charge in [-0.3, -0.25) is 19.1 Å². The first-order chi connectivity index (χ1) is 14.6. The van der Waals surface area contributed by atoms with Crippen molar-refractivity contribution >= 4 is 39.5 Å². The van der Waals surface area contributed by atoms with Crippen molar-refractivity contribution in [3.63, 3.8) is 0 Å². The van der Waals surface area contributed by atoms with Gasteiger partial charge in [0.2, 0.25) is 5.91 Å². The van der Waals surface area contributed by atoms with Gasteiger partial charge >= 0.3 is 0 Å². The van der Waals surface area contributed by atoms with Crippen molar-refractivity contribution in [1.82, 2.24) is 19.5 Å². The highest BCUT2D eigenvalue weighted by molar-refractivity contribution is 5.97. The Labute approximate surface area is 172 Å². The zero-order valence-corrected chi connectivity index (χ0v) is 16.5. The fourth-order valence-electron chi connectivity index (χ4n) is 3.74. The molecule has 30 heavy (non-hydrogen) atoms. The first-order valence-corrected chi connectivity index (χ1v) is 9.84. The zero-order chi connectivity index (χ0) is 20.7. The van der Waals surface area contributed by atoms with Crippen molar-refractivity contribution in [3.05, 3.63) is 65.2 Å². The molecule has 0 spiro atoms. The Bertz CT molecular complexity index is 1330. The second-order valence-corrected chi connectivity index (χ2v) is 7.34. The molecule has 3 heterocycles. The number of amides is 1. The van der Waals surface area contributed by atoms with E-state index >= 15 is 0 Å². The summed E-state index contributed by atoms with van der Waals surface area (Å²) in [5.41, 5.74) is 2.06. The summed E-state index contributed by atoms with van der Waals surface area (Å²) in [6.45, 7) is 1.46. The third-order valence-corrected chi connectivity index (χ3v) is 5.41. The van der Waals surface area contributed by atoms with E-state index in [1.165, 1.54) is 10.9 Å². The topological polar surface area (TPSA) is 84.2 Å². The van der Waals surface area contributed by atoms with Gasteiger partial charge in [-0.2, -0.15) is 0 Å². The minimum Gasteiger partial charge on any atom is -0.355 e. The van der Waals surface area contributed by atoms with Gasteiger partial charge in [0.05, 0.1) is 28.3 Å². The lowest BCUT2D eigenvalue weighted by Crippen LogP contribution is -2.44. The number of aromatic nitrogens is 4. The van der Waals surface area contributed by atoms with Crippen LogP contribution in [0.2, 0.25) is 0 Å². The van der Waals surface area contributed by atoms with Gasteiger partial charge in [0, 0.05) is 33.1 Å². The maximum Gasteiger partial charge on any atom is 0.261 e. The van der Waals surface area contributed by atoms with E-state index in [0.29, 0.717) is 35.6 Å². The summed E-state index contributed by atoms with van der Waals surface area (Å²) in [6, 6.07) is 14.8. The van der Waals surface area contributed by atoms with E-state index in [-0.39, 0.29) is 24.4 Å². The number of hydrogen-bond donors (Lipinski definition) is 0. The lowest BCUT2D eigenvalue weighted by molar-refractivity contribution is -0.118. The molecule has 1 aliphatic rings. The van der Waals surface area contributed by atoms with Crippen LogP contribution in [0, 0.1) is 0 Å². The molecule has 0 N–H and O–H groups in total. The number of carbonyl (C=O) groups is 1. The molecule has 1 aliphatic heterocycles. The number of nitrogens with zero attached hydrogens (tertiary/aromatic N) is 6. The lowest BCUT2D eigenvalue weighted by atomic mass is 10.2. The van der Waals surface area contributed by atoms with Crippen molar-refractivity contribution in [2.75, 3.05) is 29.9 Å². The van der Waals surface area contributed by atoms with E-state index in [1.807, 2.05) is 48.3 Å². The smallest absolute Gasteiger partial charge is 0.261 e. The zero-order valence-electron chi connectivity index (χ0n) is 16.5. The minimum atomic E-state index is -0.141. The number of fused-ring (bicyclic) bond motifs is 3. The Hall–Kier alpha value is -3.81. The highest BCUT2D eigenvalue weighted by Gasteiger charge is 2.28. The first kappa shape index (κ1) is 18.2. The number of para-hydroxylation sites is 3. The molecule has 1 amide bonds. The standard InChI is InChI=1S/C22H20N6O2/c1-26-12-13-28(21-20(26)24-17-8-4-5-9-18(17)25-21)19(29)10-11-27-14-23-16-7-3-2-6-15(16)22(27)30/h2-9,14H,10-13H2,1H3. The molecule has 8 heteroatoms. The molecular formula is C22H20N6O2. The highest BCUT2D eigenvalue weighted by atomic mass is 16.2. The third-order valence-electron chi connectivity index (χ3n) is 5.41. The van der Waals surface area contributed by atoms with Gasteiger partial charge in [-0.15, -0.1) is 0 Å². The van der Waals surface area contributed by atoms with Gasteiger partial charge in [-0.1, -0.05) is 24.3 Å². The second-order valence-electron chi connectivity index (χ2n) is 7.34. The number of carbonyl (C=O) groups excluding carboxylic acids is 1. The summed E-state index contributed by atoms with van der Waals surface area (Å²) in [7, 11) is 1.95. The molecule has 2 aromatic heterocycles. The summed E-state index contributed by atoms with van der Waals surface area (Å²) < 4.78 is 1.49. The van der Waals surface area contributed by atoms with E-state index in [2.05, 4.69) is 4.98 Å². The van der Waals surface area contributed by atoms with Crippen LogP contribution in [0.25, 0.3) is 21.9 Å². The van der Waals surface area contributed by atoms with Crippen LogP contribution < -0.4 is 15.4 Å². The quantitative estimate of drug-likeness (QED) is 0.524. The Morgan fingerprint density at radius 2 is 1.60 bits per heavy atom. The molecular weight excluding hydrogens is 380 g/mol. The van der Waals surface area contributed by atoms with Crippen LogP contribution in [0.1, 0.15) is 6.42 Å². The van der Waals surface area contributed by atoms with Crippen LogP contribution in [0.4, 0.5) is 11.6 Å². The molecule has 0 saturated carbocycles. The molecule has 0 aliphatic carbocycles. The van der Waals surface area contributed by atoms with Crippen LogP contribution in [0.5, 0.6) is 0 Å².